The third-order valence-corrected chi connectivity index (χ3v) is 3.81. The molecule has 0 aliphatic heterocycles. The topological polar surface area (TPSA) is 55.6 Å². The number of hydrogen-bond acceptors (Lipinski definition) is 4. The van der Waals surface area contributed by atoms with Gasteiger partial charge in [0.25, 0.3) is 0 Å². The Bertz CT molecular complexity index is 628. The summed E-state index contributed by atoms with van der Waals surface area (Å²) in [5, 5.41) is 8.04. The van der Waals surface area contributed by atoms with Crippen LogP contribution in [-0.2, 0) is 6.42 Å². The van der Waals surface area contributed by atoms with Crippen LogP contribution in [0, 0.1) is 6.92 Å². The number of aromatic nitrogens is 4. The van der Waals surface area contributed by atoms with Crippen LogP contribution in [0.3, 0.4) is 0 Å². The maximum Gasteiger partial charge on any atom is 0.162 e. The van der Waals surface area contributed by atoms with E-state index in [2.05, 4.69) is 37.1 Å². The van der Waals surface area contributed by atoms with E-state index < -0.39 is 0 Å². The molecule has 1 aliphatic carbocycles. The summed E-state index contributed by atoms with van der Waals surface area (Å²) in [6, 6.07) is 2.12. The summed E-state index contributed by atoms with van der Waals surface area (Å²) in [5.74, 6) is 3.37. The molecule has 0 aromatic carbocycles. The lowest BCUT2D eigenvalue weighted by atomic mass is 10.2. The second kappa shape index (κ2) is 5.84. The summed E-state index contributed by atoms with van der Waals surface area (Å²) in [6.07, 6.45) is 6.49. The molecule has 0 spiro atoms. The number of hydrogen-bond donors (Lipinski definition) is 1. The van der Waals surface area contributed by atoms with Crippen molar-refractivity contribution in [3.63, 3.8) is 0 Å². The fourth-order valence-electron chi connectivity index (χ4n) is 2.50. The van der Waals surface area contributed by atoms with Crippen LogP contribution < -0.4 is 5.32 Å². The van der Waals surface area contributed by atoms with Gasteiger partial charge in [-0.3, -0.25) is 0 Å². The van der Waals surface area contributed by atoms with Crippen LogP contribution in [0.5, 0.6) is 0 Å². The minimum Gasteiger partial charge on any atom is -0.370 e. The lowest BCUT2D eigenvalue weighted by molar-refractivity contribution is 0.765. The van der Waals surface area contributed by atoms with Crippen molar-refractivity contribution in [3.05, 3.63) is 29.3 Å². The lowest BCUT2D eigenvalue weighted by Gasteiger charge is -2.13. The van der Waals surface area contributed by atoms with Crippen molar-refractivity contribution in [1.29, 1.82) is 0 Å². The fourth-order valence-corrected chi connectivity index (χ4v) is 2.50. The molecular weight excluding hydrogens is 262 g/mol. The summed E-state index contributed by atoms with van der Waals surface area (Å²) < 4.78 is 1.91. The summed E-state index contributed by atoms with van der Waals surface area (Å²) in [6.45, 7) is 7.14. The molecule has 5 nitrogen and oxygen atoms in total. The first kappa shape index (κ1) is 14.0. The van der Waals surface area contributed by atoms with Gasteiger partial charge in [-0.1, -0.05) is 6.92 Å². The second-order valence-corrected chi connectivity index (χ2v) is 5.68. The van der Waals surface area contributed by atoms with Gasteiger partial charge in [0.05, 0.1) is 5.69 Å². The number of anilines is 1. The molecule has 5 heteroatoms. The molecule has 2 heterocycles. The highest BCUT2D eigenvalue weighted by molar-refractivity contribution is 5.51. The molecule has 0 bridgehead atoms. The average molecular weight is 285 g/mol. The molecule has 0 amide bonds. The van der Waals surface area contributed by atoms with Crippen molar-refractivity contribution in [2.45, 2.75) is 52.4 Å². The molecule has 0 unspecified atom stereocenters. The molecule has 1 N–H and O–H groups in total. The Balaban J connectivity index is 2.01. The molecule has 1 fully saturated rings. The Hall–Kier alpha value is -1.91. The highest BCUT2D eigenvalue weighted by atomic mass is 15.3. The molecule has 2 aromatic heterocycles. The van der Waals surface area contributed by atoms with Crippen LogP contribution in [0.1, 0.15) is 56.1 Å². The van der Waals surface area contributed by atoms with Crippen LogP contribution >= 0.6 is 0 Å². The largest absolute Gasteiger partial charge is 0.370 e. The maximum atomic E-state index is 4.72. The molecule has 1 aliphatic rings. The summed E-state index contributed by atoms with van der Waals surface area (Å²) in [7, 11) is 0. The normalized spacial score (nSPS) is 14.4. The lowest BCUT2D eigenvalue weighted by Crippen LogP contribution is -2.11. The zero-order valence-electron chi connectivity index (χ0n) is 13.1. The van der Waals surface area contributed by atoms with Gasteiger partial charge in [0.1, 0.15) is 11.6 Å². The van der Waals surface area contributed by atoms with Crippen LogP contribution in [0.2, 0.25) is 0 Å². The van der Waals surface area contributed by atoms with Gasteiger partial charge in [-0.15, -0.1) is 0 Å². The monoisotopic (exact) mass is 285 g/mol. The van der Waals surface area contributed by atoms with E-state index in [4.69, 9.17) is 10.1 Å². The van der Waals surface area contributed by atoms with Crippen molar-refractivity contribution in [1.82, 2.24) is 19.7 Å². The zero-order valence-corrected chi connectivity index (χ0v) is 13.1. The summed E-state index contributed by atoms with van der Waals surface area (Å²) in [4.78, 5) is 9.35. The Morgan fingerprint density at radius 1 is 1.29 bits per heavy atom. The molecule has 112 valence electrons. The number of rotatable bonds is 6. The number of nitrogens with one attached hydrogen (secondary N) is 1. The molecule has 0 saturated heterocycles. The van der Waals surface area contributed by atoms with Gasteiger partial charge >= 0.3 is 0 Å². The number of nitrogens with zero attached hydrogens (tertiary/aromatic N) is 4. The maximum absolute atomic E-state index is 4.72. The van der Waals surface area contributed by atoms with E-state index in [0.29, 0.717) is 5.92 Å². The summed E-state index contributed by atoms with van der Waals surface area (Å²) >= 11 is 0. The van der Waals surface area contributed by atoms with Gasteiger partial charge in [0.15, 0.2) is 5.82 Å². The van der Waals surface area contributed by atoms with Gasteiger partial charge in [-0.05, 0) is 39.2 Å². The van der Waals surface area contributed by atoms with E-state index >= 15 is 0 Å². The molecular formula is C16H23N5. The van der Waals surface area contributed by atoms with Gasteiger partial charge in [0.2, 0.25) is 0 Å². The van der Waals surface area contributed by atoms with Crippen LogP contribution in [0.25, 0.3) is 5.82 Å². The standard InChI is InChI=1S/C16H23N5/c1-4-6-14-18-15(17-5-2)11(3)16(19-14)21-10-9-13(20-21)12-7-8-12/h9-10,12H,4-8H2,1-3H3,(H,17,18,19). The third kappa shape index (κ3) is 2.91. The molecule has 0 atom stereocenters. The highest BCUT2D eigenvalue weighted by Gasteiger charge is 2.26. The quantitative estimate of drug-likeness (QED) is 0.885. The highest BCUT2D eigenvalue weighted by Crippen LogP contribution is 2.39. The van der Waals surface area contributed by atoms with Crippen molar-refractivity contribution < 1.29 is 0 Å². The molecule has 0 radical (unpaired) electrons. The average Bonchev–Trinajstić information content (AvgIpc) is 3.21. The zero-order chi connectivity index (χ0) is 14.8. The van der Waals surface area contributed by atoms with Crippen LogP contribution in [0.4, 0.5) is 5.82 Å². The van der Waals surface area contributed by atoms with Crippen molar-refractivity contribution >= 4 is 5.82 Å². The smallest absolute Gasteiger partial charge is 0.162 e. The Morgan fingerprint density at radius 3 is 2.76 bits per heavy atom. The SMILES string of the molecule is CCCc1nc(NCC)c(C)c(-n2ccc(C3CC3)n2)n1. The van der Waals surface area contributed by atoms with Gasteiger partial charge in [0, 0.05) is 30.6 Å². The minimum atomic E-state index is 0.664. The van der Waals surface area contributed by atoms with E-state index in [-0.39, 0.29) is 0 Å². The fraction of sp³-hybridized carbons (Fsp3) is 0.562. The third-order valence-electron chi connectivity index (χ3n) is 3.81. The van der Waals surface area contributed by atoms with Crippen LogP contribution in [-0.4, -0.2) is 26.3 Å². The molecule has 1 saturated carbocycles. The van der Waals surface area contributed by atoms with E-state index in [1.165, 1.54) is 18.5 Å². The Kier molecular flexibility index (Phi) is 3.90. The second-order valence-electron chi connectivity index (χ2n) is 5.68. The van der Waals surface area contributed by atoms with E-state index in [1.54, 1.807) is 0 Å². The van der Waals surface area contributed by atoms with Gasteiger partial charge < -0.3 is 5.32 Å². The summed E-state index contributed by atoms with van der Waals surface area (Å²) in [5.41, 5.74) is 2.25. The van der Waals surface area contributed by atoms with Crippen molar-refractivity contribution in [2.24, 2.45) is 0 Å². The Labute approximate surface area is 125 Å². The first-order valence-electron chi connectivity index (χ1n) is 7.90. The predicted molar refractivity (Wildman–Crippen MR) is 84.0 cm³/mol. The van der Waals surface area contributed by atoms with E-state index in [1.807, 2.05) is 10.9 Å². The molecule has 21 heavy (non-hydrogen) atoms. The Morgan fingerprint density at radius 2 is 2.10 bits per heavy atom. The minimum absolute atomic E-state index is 0.664. The van der Waals surface area contributed by atoms with Gasteiger partial charge in [-0.25, -0.2) is 14.6 Å². The van der Waals surface area contributed by atoms with Gasteiger partial charge in [-0.2, -0.15) is 5.10 Å². The molecule has 2 aromatic rings. The first-order valence-corrected chi connectivity index (χ1v) is 7.90. The van der Waals surface area contributed by atoms with E-state index in [9.17, 15) is 0 Å². The molecule has 3 rings (SSSR count). The van der Waals surface area contributed by atoms with Crippen molar-refractivity contribution in [3.8, 4) is 5.82 Å². The first-order chi connectivity index (χ1) is 10.2. The van der Waals surface area contributed by atoms with E-state index in [0.717, 1.165) is 42.4 Å². The van der Waals surface area contributed by atoms with Crippen LogP contribution in [0.15, 0.2) is 12.3 Å². The van der Waals surface area contributed by atoms with Crippen molar-refractivity contribution in [2.75, 3.05) is 11.9 Å². The number of aryl methyl sites for hydroxylation is 1. The predicted octanol–water partition coefficient (Wildman–Crippen LogP) is 3.23.